The first-order chi connectivity index (χ1) is 14.8. The van der Waals surface area contributed by atoms with E-state index in [4.69, 9.17) is 0 Å². The van der Waals surface area contributed by atoms with Crippen LogP contribution in [0.4, 0.5) is 5.69 Å². The van der Waals surface area contributed by atoms with Crippen molar-refractivity contribution in [3.8, 4) is 10.4 Å². The van der Waals surface area contributed by atoms with Crippen molar-refractivity contribution in [2.75, 3.05) is 11.9 Å². The fourth-order valence-electron chi connectivity index (χ4n) is 3.43. The number of benzene rings is 2. The number of hydrogen-bond donors (Lipinski definition) is 1. The summed E-state index contributed by atoms with van der Waals surface area (Å²) in [6.07, 6.45) is 6.69. The third kappa shape index (κ3) is 5.05. The van der Waals surface area contributed by atoms with Crippen LogP contribution in [0.5, 0.6) is 0 Å². The molecular formula is C25H25N3OS. The second-order valence-corrected chi connectivity index (χ2v) is 8.26. The summed E-state index contributed by atoms with van der Waals surface area (Å²) >= 11 is 1.52. The lowest BCUT2D eigenvalue weighted by molar-refractivity contribution is 0.761. The maximum absolute atomic E-state index is 13.1. The monoisotopic (exact) mass is 415 g/mol. The first-order valence-corrected chi connectivity index (χ1v) is 11.0. The van der Waals surface area contributed by atoms with Gasteiger partial charge in [-0.3, -0.25) is 13.7 Å². The molecule has 0 atom stereocenters. The summed E-state index contributed by atoms with van der Waals surface area (Å²) in [5, 5.41) is 3.44. The van der Waals surface area contributed by atoms with Crippen LogP contribution in [0.15, 0.2) is 90.0 Å². The van der Waals surface area contributed by atoms with Crippen molar-refractivity contribution in [3.05, 3.63) is 107 Å². The molecule has 0 fully saturated rings. The Morgan fingerprint density at radius 1 is 0.833 bits per heavy atom. The van der Waals surface area contributed by atoms with E-state index in [1.807, 2.05) is 40.4 Å². The van der Waals surface area contributed by atoms with Crippen LogP contribution in [0.25, 0.3) is 10.4 Å². The van der Waals surface area contributed by atoms with E-state index in [1.165, 1.54) is 17.1 Å². The van der Waals surface area contributed by atoms with E-state index in [1.54, 1.807) is 12.4 Å². The largest absolute Gasteiger partial charge is 0.379 e. The average Bonchev–Trinajstić information content (AvgIpc) is 3.11. The maximum Gasteiger partial charge on any atom is 0.284 e. The van der Waals surface area contributed by atoms with E-state index in [0.717, 1.165) is 41.8 Å². The molecule has 0 aliphatic heterocycles. The third-order valence-electron chi connectivity index (χ3n) is 5.02. The zero-order chi connectivity index (χ0) is 20.6. The molecular weight excluding hydrogens is 390 g/mol. The molecule has 4 nitrogen and oxygen atoms in total. The van der Waals surface area contributed by atoms with Gasteiger partial charge in [0, 0.05) is 18.9 Å². The highest BCUT2D eigenvalue weighted by Crippen LogP contribution is 2.30. The maximum atomic E-state index is 13.1. The van der Waals surface area contributed by atoms with Crippen LogP contribution in [0.3, 0.4) is 0 Å². The summed E-state index contributed by atoms with van der Waals surface area (Å²) in [4.78, 5) is 18.2. The third-order valence-corrected chi connectivity index (χ3v) is 6.15. The number of rotatable bonds is 9. The number of hydrogen-bond acceptors (Lipinski definition) is 4. The van der Waals surface area contributed by atoms with Crippen molar-refractivity contribution in [3.63, 3.8) is 0 Å². The van der Waals surface area contributed by atoms with Gasteiger partial charge in [0.1, 0.15) is 5.69 Å². The molecule has 0 saturated heterocycles. The van der Waals surface area contributed by atoms with Gasteiger partial charge in [-0.05, 0) is 48.1 Å². The lowest BCUT2D eigenvalue weighted by atomic mass is 10.1. The molecule has 0 unspecified atom stereocenters. The molecule has 2 heterocycles. The van der Waals surface area contributed by atoms with Gasteiger partial charge in [0.05, 0.1) is 11.4 Å². The Kier molecular flexibility index (Phi) is 6.72. The molecule has 2 aromatic carbocycles. The molecule has 5 heteroatoms. The SMILES string of the molecule is O=c1c(NCCCCc2ccccc2)c(-c2ccccc2)sn1Cc1ccncc1. The van der Waals surface area contributed by atoms with Gasteiger partial charge in [-0.2, -0.15) is 0 Å². The second-order valence-electron chi connectivity index (χ2n) is 7.23. The normalized spacial score (nSPS) is 10.8. The Hall–Kier alpha value is -3.18. The average molecular weight is 416 g/mol. The molecule has 0 saturated carbocycles. The van der Waals surface area contributed by atoms with Gasteiger partial charge in [-0.15, -0.1) is 0 Å². The summed E-state index contributed by atoms with van der Waals surface area (Å²) in [5.41, 5.74) is 4.25. The molecule has 0 bridgehead atoms. The lowest BCUT2D eigenvalue weighted by Gasteiger charge is -2.06. The minimum absolute atomic E-state index is 0.0405. The molecule has 30 heavy (non-hydrogen) atoms. The van der Waals surface area contributed by atoms with Crippen LogP contribution >= 0.6 is 11.5 Å². The van der Waals surface area contributed by atoms with Gasteiger partial charge in [-0.25, -0.2) is 0 Å². The van der Waals surface area contributed by atoms with Gasteiger partial charge >= 0.3 is 0 Å². The molecule has 2 aromatic heterocycles. The van der Waals surface area contributed by atoms with Crippen molar-refractivity contribution in [1.29, 1.82) is 0 Å². The van der Waals surface area contributed by atoms with Crippen molar-refractivity contribution in [2.45, 2.75) is 25.8 Å². The van der Waals surface area contributed by atoms with E-state index in [0.29, 0.717) is 12.2 Å². The zero-order valence-corrected chi connectivity index (χ0v) is 17.6. The van der Waals surface area contributed by atoms with Crippen LogP contribution < -0.4 is 10.9 Å². The first-order valence-electron chi connectivity index (χ1n) is 10.3. The van der Waals surface area contributed by atoms with Crippen LogP contribution in [0, 0.1) is 0 Å². The highest BCUT2D eigenvalue weighted by molar-refractivity contribution is 7.10. The molecule has 1 N–H and O–H groups in total. The van der Waals surface area contributed by atoms with Crippen molar-refractivity contribution < 1.29 is 0 Å². The Morgan fingerprint density at radius 2 is 1.53 bits per heavy atom. The fourth-order valence-corrected chi connectivity index (χ4v) is 4.53. The predicted molar refractivity (Wildman–Crippen MR) is 125 cm³/mol. The summed E-state index contributed by atoms with van der Waals surface area (Å²) in [6.45, 7) is 1.34. The highest BCUT2D eigenvalue weighted by Gasteiger charge is 2.16. The van der Waals surface area contributed by atoms with Crippen molar-refractivity contribution >= 4 is 17.2 Å². The van der Waals surface area contributed by atoms with E-state index in [-0.39, 0.29) is 5.56 Å². The Bertz CT molecular complexity index is 1110. The summed E-state index contributed by atoms with van der Waals surface area (Å²) in [7, 11) is 0. The Morgan fingerprint density at radius 3 is 2.27 bits per heavy atom. The minimum atomic E-state index is 0.0405. The van der Waals surface area contributed by atoms with E-state index in [9.17, 15) is 4.79 Å². The van der Waals surface area contributed by atoms with Gasteiger partial charge in [0.2, 0.25) is 0 Å². The highest BCUT2D eigenvalue weighted by atomic mass is 32.1. The summed E-state index contributed by atoms with van der Waals surface area (Å²) in [6, 6.07) is 24.6. The first kappa shape index (κ1) is 20.1. The molecule has 0 spiro atoms. The molecule has 4 aromatic rings. The quantitative estimate of drug-likeness (QED) is 0.370. The van der Waals surface area contributed by atoms with Crippen LogP contribution in [-0.4, -0.2) is 15.5 Å². The number of anilines is 1. The number of unbranched alkanes of at least 4 members (excludes halogenated alkanes) is 1. The van der Waals surface area contributed by atoms with Gasteiger partial charge in [-0.1, -0.05) is 72.2 Å². The lowest BCUT2D eigenvalue weighted by Crippen LogP contribution is -2.18. The molecule has 0 aliphatic rings. The number of pyridine rings is 1. The fraction of sp³-hybridized carbons (Fsp3) is 0.200. The summed E-state index contributed by atoms with van der Waals surface area (Å²) in [5.74, 6) is 0. The Balaban J connectivity index is 1.48. The van der Waals surface area contributed by atoms with Crippen molar-refractivity contribution in [2.24, 2.45) is 0 Å². The van der Waals surface area contributed by atoms with Crippen molar-refractivity contribution in [1.82, 2.24) is 8.94 Å². The molecule has 0 aliphatic carbocycles. The Labute approximate surface area is 181 Å². The van der Waals surface area contributed by atoms with Gasteiger partial charge in [0.25, 0.3) is 5.56 Å². The summed E-state index contributed by atoms with van der Waals surface area (Å²) < 4.78 is 1.82. The van der Waals surface area contributed by atoms with E-state index < -0.39 is 0 Å². The van der Waals surface area contributed by atoms with E-state index >= 15 is 0 Å². The number of aromatic nitrogens is 2. The van der Waals surface area contributed by atoms with Crippen LogP contribution in [-0.2, 0) is 13.0 Å². The minimum Gasteiger partial charge on any atom is -0.379 e. The molecule has 0 amide bonds. The topological polar surface area (TPSA) is 46.9 Å². The van der Waals surface area contributed by atoms with Gasteiger partial charge < -0.3 is 5.32 Å². The zero-order valence-electron chi connectivity index (χ0n) is 16.8. The smallest absolute Gasteiger partial charge is 0.284 e. The predicted octanol–water partition coefficient (Wildman–Crippen LogP) is 5.45. The molecule has 4 rings (SSSR count). The standard InChI is InChI=1S/C25H25N3OS/c29-25-23(27-16-8-7-11-20-9-3-1-4-10-20)24(22-12-5-2-6-13-22)30-28(25)19-21-14-17-26-18-15-21/h1-6,9-10,12-15,17-18,27H,7-8,11,16,19H2. The molecule has 152 valence electrons. The van der Waals surface area contributed by atoms with Crippen LogP contribution in [0.2, 0.25) is 0 Å². The number of nitrogens with one attached hydrogen (secondary N) is 1. The number of aryl methyl sites for hydroxylation is 1. The second kappa shape index (κ2) is 10.0. The van der Waals surface area contributed by atoms with E-state index in [2.05, 4.69) is 46.7 Å². The van der Waals surface area contributed by atoms with Crippen LogP contribution in [0.1, 0.15) is 24.0 Å². The number of nitrogens with zero attached hydrogens (tertiary/aromatic N) is 2. The van der Waals surface area contributed by atoms with Gasteiger partial charge in [0.15, 0.2) is 0 Å². The molecule has 0 radical (unpaired) electrons.